The monoisotopic (exact) mass is 409 g/mol. The van der Waals surface area contributed by atoms with Crippen LogP contribution in [-0.2, 0) is 0 Å². The highest BCUT2D eigenvalue weighted by molar-refractivity contribution is 5.83. The maximum absolute atomic E-state index is 5.11. The summed E-state index contributed by atoms with van der Waals surface area (Å²) in [5.41, 5.74) is 0. The van der Waals surface area contributed by atoms with Gasteiger partial charge < -0.3 is 4.90 Å². The summed E-state index contributed by atoms with van der Waals surface area (Å²) >= 11 is 0. The molecule has 0 spiro atoms. The fourth-order valence-electron chi connectivity index (χ4n) is 7.77. The lowest BCUT2D eigenvalue weighted by molar-refractivity contribution is -0.0527. The van der Waals surface area contributed by atoms with E-state index in [9.17, 15) is 0 Å². The first kappa shape index (κ1) is 20.8. The molecule has 3 aliphatic heterocycles. The maximum Gasteiger partial charge on any atom is 0.0998 e. The predicted molar refractivity (Wildman–Crippen MR) is 127 cm³/mol. The molecule has 4 bridgehead atoms. The molecule has 5 rings (SSSR count). The lowest BCUT2D eigenvalue weighted by Gasteiger charge is -2.56. The molecule has 3 nitrogen and oxygen atoms in total. The van der Waals surface area contributed by atoms with Crippen LogP contribution in [-0.4, -0.2) is 52.4 Å². The van der Waals surface area contributed by atoms with Crippen molar-refractivity contribution < 1.29 is 0 Å². The van der Waals surface area contributed by atoms with Gasteiger partial charge in [0.25, 0.3) is 0 Å². The number of amidine groups is 1. The van der Waals surface area contributed by atoms with Crippen molar-refractivity contribution in [3.8, 4) is 0 Å². The number of rotatable bonds is 3. The molecule has 0 radical (unpaired) electrons. The Bertz CT molecular complexity index is 654. The van der Waals surface area contributed by atoms with Gasteiger partial charge in [-0.1, -0.05) is 56.9 Å². The molecule has 3 heterocycles. The molecular formula is C27H43N3. The van der Waals surface area contributed by atoms with Gasteiger partial charge >= 0.3 is 0 Å². The van der Waals surface area contributed by atoms with Gasteiger partial charge in [0.1, 0.15) is 0 Å². The molecule has 5 unspecified atom stereocenters. The van der Waals surface area contributed by atoms with E-state index in [0.717, 1.165) is 42.9 Å². The summed E-state index contributed by atoms with van der Waals surface area (Å²) in [6.45, 7) is 5.54. The van der Waals surface area contributed by atoms with Crippen molar-refractivity contribution in [3.05, 3.63) is 24.3 Å². The van der Waals surface area contributed by atoms with Crippen molar-refractivity contribution in [3.63, 3.8) is 0 Å². The lowest BCUT2D eigenvalue weighted by atomic mass is 9.68. The van der Waals surface area contributed by atoms with Crippen molar-refractivity contribution in [2.45, 2.75) is 121 Å². The second kappa shape index (κ2) is 9.18. The third kappa shape index (κ3) is 4.29. The van der Waals surface area contributed by atoms with Crippen molar-refractivity contribution >= 4 is 5.84 Å². The molecule has 0 amide bonds. The SMILES string of the molecule is CCC1=NC(C)C=CC=CCN1C1CC2CCCC(C1)N2C1CC2CCCC(C2)C1. The standard InChI is InChI=1S/C27H43N3/c1-3-27-28-20(2)9-5-4-6-14-29(27)25-18-23-12-8-13-24(19-25)30(23)26-16-21-10-7-11-22(15-21)17-26/h4-6,9,20-26H,3,7-8,10-19H2,1-2H3. The molecule has 0 aromatic heterocycles. The zero-order valence-corrected chi connectivity index (χ0v) is 19.4. The summed E-state index contributed by atoms with van der Waals surface area (Å²) in [6.07, 6.45) is 26.2. The van der Waals surface area contributed by atoms with Crippen LogP contribution in [0.5, 0.6) is 0 Å². The Balaban J connectivity index is 1.34. The van der Waals surface area contributed by atoms with E-state index < -0.39 is 0 Å². The van der Waals surface area contributed by atoms with Gasteiger partial charge in [0, 0.05) is 37.1 Å². The van der Waals surface area contributed by atoms with Crippen LogP contribution in [0.4, 0.5) is 0 Å². The third-order valence-electron chi connectivity index (χ3n) is 8.91. The summed E-state index contributed by atoms with van der Waals surface area (Å²) in [5.74, 6) is 3.41. The van der Waals surface area contributed by atoms with Crippen LogP contribution >= 0.6 is 0 Å². The molecule has 0 N–H and O–H groups in total. The largest absolute Gasteiger partial charge is 0.354 e. The van der Waals surface area contributed by atoms with E-state index in [2.05, 4.69) is 48.0 Å². The predicted octanol–water partition coefficient (Wildman–Crippen LogP) is 5.97. The summed E-state index contributed by atoms with van der Waals surface area (Å²) in [7, 11) is 0. The highest BCUT2D eigenvalue weighted by Gasteiger charge is 2.45. The molecule has 3 heteroatoms. The molecule has 0 aromatic rings. The lowest BCUT2D eigenvalue weighted by Crippen LogP contribution is -2.61. The molecular weight excluding hydrogens is 366 g/mol. The Hall–Kier alpha value is -1.09. The van der Waals surface area contributed by atoms with E-state index in [1.807, 2.05) is 0 Å². The normalized spacial score (nSPS) is 42.3. The van der Waals surface area contributed by atoms with Crippen molar-refractivity contribution in [1.29, 1.82) is 0 Å². The average Bonchev–Trinajstić information content (AvgIpc) is 2.82. The van der Waals surface area contributed by atoms with E-state index in [1.54, 1.807) is 6.42 Å². The van der Waals surface area contributed by atoms with Gasteiger partial charge in [-0.25, -0.2) is 0 Å². The van der Waals surface area contributed by atoms with Crippen LogP contribution in [0.25, 0.3) is 0 Å². The molecule has 2 saturated carbocycles. The fraction of sp³-hybridized carbons (Fsp3) is 0.815. The van der Waals surface area contributed by atoms with Gasteiger partial charge in [0.15, 0.2) is 0 Å². The van der Waals surface area contributed by atoms with E-state index in [1.165, 1.54) is 70.0 Å². The quantitative estimate of drug-likeness (QED) is 0.572. The first-order chi connectivity index (χ1) is 14.7. The van der Waals surface area contributed by atoms with Gasteiger partial charge in [0.2, 0.25) is 0 Å². The first-order valence-corrected chi connectivity index (χ1v) is 13.1. The second-order valence-electron chi connectivity index (χ2n) is 10.9. The zero-order chi connectivity index (χ0) is 20.5. The van der Waals surface area contributed by atoms with Crippen LogP contribution in [0.15, 0.2) is 29.3 Å². The van der Waals surface area contributed by atoms with E-state index in [-0.39, 0.29) is 6.04 Å². The van der Waals surface area contributed by atoms with Gasteiger partial charge in [-0.2, -0.15) is 0 Å². The molecule has 5 aliphatic rings. The van der Waals surface area contributed by atoms with Crippen molar-refractivity contribution in [2.24, 2.45) is 16.8 Å². The Kier molecular flexibility index (Phi) is 6.37. The minimum Gasteiger partial charge on any atom is -0.354 e. The molecule has 166 valence electrons. The summed E-state index contributed by atoms with van der Waals surface area (Å²) < 4.78 is 0. The Morgan fingerprint density at radius 3 is 2.23 bits per heavy atom. The minimum atomic E-state index is 0.284. The number of allylic oxidation sites excluding steroid dienone is 2. The average molecular weight is 410 g/mol. The van der Waals surface area contributed by atoms with Crippen LogP contribution in [0.3, 0.4) is 0 Å². The highest BCUT2D eigenvalue weighted by Crippen LogP contribution is 2.46. The molecule has 30 heavy (non-hydrogen) atoms. The number of hydrogen-bond acceptors (Lipinski definition) is 3. The molecule has 2 saturated heterocycles. The minimum absolute atomic E-state index is 0.284. The topological polar surface area (TPSA) is 18.8 Å². The van der Waals surface area contributed by atoms with Gasteiger partial charge in [-0.3, -0.25) is 9.89 Å². The summed E-state index contributed by atoms with van der Waals surface area (Å²) in [5, 5.41) is 0. The number of fused-ring (bicyclic) bond motifs is 4. The molecule has 5 atom stereocenters. The third-order valence-corrected chi connectivity index (χ3v) is 8.91. The van der Waals surface area contributed by atoms with E-state index >= 15 is 0 Å². The molecule has 4 fully saturated rings. The van der Waals surface area contributed by atoms with Gasteiger partial charge in [-0.05, 0) is 63.7 Å². The van der Waals surface area contributed by atoms with Crippen LogP contribution in [0.1, 0.15) is 90.9 Å². The maximum atomic E-state index is 5.11. The first-order valence-electron chi connectivity index (χ1n) is 13.1. The smallest absolute Gasteiger partial charge is 0.0998 e. The highest BCUT2D eigenvalue weighted by atomic mass is 15.3. The Morgan fingerprint density at radius 1 is 0.833 bits per heavy atom. The fourth-order valence-corrected chi connectivity index (χ4v) is 7.77. The van der Waals surface area contributed by atoms with Crippen LogP contribution in [0.2, 0.25) is 0 Å². The van der Waals surface area contributed by atoms with Crippen molar-refractivity contribution in [2.75, 3.05) is 6.54 Å². The van der Waals surface area contributed by atoms with E-state index in [0.29, 0.717) is 6.04 Å². The number of aliphatic imine (C=N–C) groups is 1. The van der Waals surface area contributed by atoms with Crippen LogP contribution in [0, 0.1) is 11.8 Å². The van der Waals surface area contributed by atoms with Crippen LogP contribution < -0.4 is 0 Å². The molecule has 0 aromatic carbocycles. The Labute approximate surface area is 184 Å². The number of nitrogens with zero attached hydrogens (tertiary/aromatic N) is 3. The Morgan fingerprint density at radius 2 is 1.53 bits per heavy atom. The van der Waals surface area contributed by atoms with E-state index in [4.69, 9.17) is 4.99 Å². The number of piperidine rings is 2. The molecule has 2 aliphatic carbocycles. The summed E-state index contributed by atoms with van der Waals surface area (Å²) in [6, 6.07) is 3.48. The second-order valence-corrected chi connectivity index (χ2v) is 10.9. The van der Waals surface area contributed by atoms with Crippen molar-refractivity contribution in [1.82, 2.24) is 9.80 Å². The van der Waals surface area contributed by atoms with Gasteiger partial charge in [-0.15, -0.1) is 0 Å². The zero-order valence-electron chi connectivity index (χ0n) is 19.4. The summed E-state index contributed by atoms with van der Waals surface area (Å²) in [4.78, 5) is 10.9. The number of hydrogen-bond donors (Lipinski definition) is 0. The van der Waals surface area contributed by atoms with Gasteiger partial charge in [0.05, 0.1) is 11.9 Å².